The van der Waals surface area contributed by atoms with E-state index in [0.29, 0.717) is 37.7 Å². The minimum atomic E-state index is -0.804. The maximum atomic E-state index is 13.2. The van der Waals surface area contributed by atoms with Crippen LogP contribution >= 0.6 is 12.2 Å². The molecule has 0 aliphatic heterocycles. The molecule has 3 rings (SSSR count). The Labute approximate surface area is 210 Å². The largest absolute Gasteiger partial charge is 0.469 e. The van der Waals surface area contributed by atoms with Crippen molar-refractivity contribution in [3.05, 3.63) is 60.2 Å². The molecule has 0 aliphatic rings. The van der Waals surface area contributed by atoms with Crippen molar-refractivity contribution in [3.63, 3.8) is 0 Å². The summed E-state index contributed by atoms with van der Waals surface area (Å²) in [6.45, 7) is 3.94. The number of para-hydroxylation sites is 1. The van der Waals surface area contributed by atoms with E-state index >= 15 is 0 Å². The van der Waals surface area contributed by atoms with Crippen molar-refractivity contribution in [1.29, 1.82) is 0 Å². The number of benzene rings is 1. The molecule has 8 heteroatoms. The Morgan fingerprint density at radius 2 is 1.86 bits per heavy atom. The Balaban J connectivity index is 1.68. The maximum Gasteiger partial charge on any atom is 0.287 e. The second kappa shape index (κ2) is 13.0. The summed E-state index contributed by atoms with van der Waals surface area (Å²) in [6.07, 6.45) is 4.53. The third-order valence-corrected chi connectivity index (χ3v) is 5.93. The highest BCUT2D eigenvalue weighted by Gasteiger charge is 2.28. The molecule has 0 bridgehead atoms. The fourth-order valence-electron chi connectivity index (χ4n) is 3.89. The van der Waals surface area contributed by atoms with Crippen LogP contribution in [0.15, 0.2) is 57.6 Å². The highest BCUT2D eigenvalue weighted by atomic mass is 32.1. The molecular weight excluding hydrogens is 464 g/mol. The van der Waals surface area contributed by atoms with Crippen LogP contribution < -0.4 is 10.6 Å². The van der Waals surface area contributed by atoms with Gasteiger partial charge in [0.25, 0.3) is 5.91 Å². The van der Waals surface area contributed by atoms with Crippen LogP contribution in [0.1, 0.15) is 62.3 Å². The number of thiocarbonyl (C=S) groups is 1. The van der Waals surface area contributed by atoms with Crippen molar-refractivity contribution in [2.45, 2.75) is 64.5 Å². The summed E-state index contributed by atoms with van der Waals surface area (Å²) in [4.78, 5) is 39.1. The number of fused-ring (bicyclic) bond motifs is 1. The van der Waals surface area contributed by atoms with Gasteiger partial charge in [0.05, 0.1) is 12.3 Å². The van der Waals surface area contributed by atoms with E-state index in [0.717, 1.165) is 11.1 Å². The van der Waals surface area contributed by atoms with Gasteiger partial charge in [-0.3, -0.25) is 14.4 Å². The first-order valence-corrected chi connectivity index (χ1v) is 12.4. The summed E-state index contributed by atoms with van der Waals surface area (Å²) < 4.78 is 11.0. The van der Waals surface area contributed by atoms with E-state index in [2.05, 4.69) is 10.6 Å². The highest BCUT2D eigenvalue weighted by molar-refractivity contribution is 7.78. The Bertz CT molecular complexity index is 1100. The summed E-state index contributed by atoms with van der Waals surface area (Å²) in [5, 5.41) is 8.11. The number of nitrogens with one attached hydrogen (secondary N) is 2. The van der Waals surface area contributed by atoms with Crippen molar-refractivity contribution in [2.24, 2.45) is 5.92 Å². The lowest BCUT2D eigenvalue weighted by Gasteiger charge is -2.23. The zero-order valence-electron chi connectivity index (χ0n) is 20.1. The van der Waals surface area contributed by atoms with Gasteiger partial charge in [0, 0.05) is 18.2 Å². The van der Waals surface area contributed by atoms with Gasteiger partial charge < -0.3 is 19.5 Å². The Morgan fingerprint density at radius 3 is 2.54 bits per heavy atom. The molecule has 0 saturated carbocycles. The third kappa shape index (κ3) is 7.89. The molecule has 2 heterocycles. The van der Waals surface area contributed by atoms with Crippen LogP contribution in [-0.4, -0.2) is 35.0 Å². The van der Waals surface area contributed by atoms with Crippen LogP contribution in [0.4, 0.5) is 0 Å². The minimum Gasteiger partial charge on any atom is -0.469 e. The van der Waals surface area contributed by atoms with E-state index in [1.165, 1.54) is 0 Å². The van der Waals surface area contributed by atoms with E-state index in [-0.39, 0.29) is 29.8 Å². The summed E-state index contributed by atoms with van der Waals surface area (Å²) in [6, 6.07) is 11.1. The molecular formula is C27H32N2O5S. The number of furan rings is 2. The van der Waals surface area contributed by atoms with Gasteiger partial charge in [-0.25, -0.2) is 0 Å². The number of rotatable bonds is 14. The Kier molecular flexibility index (Phi) is 9.78. The van der Waals surface area contributed by atoms with E-state index in [1.54, 1.807) is 29.8 Å². The summed E-state index contributed by atoms with van der Waals surface area (Å²) >= 11 is 4.90. The quantitative estimate of drug-likeness (QED) is 0.240. The standard InChI is InChI=1S/C27H32N2O5S/c1-18(2)16-22(29-27(32)25-17-19-8-3-4-11-24(19)34-25)26(31)28-21(10-5-6-15-35)23(30)13-12-20-9-7-14-33-20/h3-4,7-9,11,14-15,17-18,21-22H,5-6,10,12-13,16H2,1-2H3,(H,28,31)(H,29,32)/t21-,22-/m0/s1. The Hall–Kier alpha value is -3.26. The first-order chi connectivity index (χ1) is 16.9. The predicted molar refractivity (Wildman–Crippen MR) is 138 cm³/mol. The van der Waals surface area contributed by atoms with Crippen LogP contribution in [0.25, 0.3) is 11.0 Å². The van der Waals surface area contributed by atoms with Crippen molar-refractivity contribution in [1.82, 2.24) is 10.6 Å². The normalized spacial score (nSPS) is 12.9. The van der Waals surface area contributed by atoms with Crippen molar-refractivity contribution in [3.8, 4) is 0 Å². The average Bonchev–Trinajstić information content (AvgIpc) is 3.51. The van der Waals surface area contributed by atoms with Gasteiger partial charge in [-0.1, -0.05) is 44.3 Å². The second-order valence-electron chi connectivity index (χ2n) is 9.01. The van der Waals surface area contributed by atoms with Gasteiger partial charge in [0.1, 0.15) is 17.4 Å². The number of carbonyl (C=O) groups excluding carboxylic acids is 3. The first kappa shape index (κ1) is 26.3. The van der Waals surface area contributed by atoms with Gasteiger partial charge >= 0.3 is 0 Å². The van der Waals surface area contributed by atoms with Crippen molar-refractivity contribution in [2.75, 3.05) is 0 Å². The smallest absolute Gasteiger partial charge is 0.287 e. The molecule has 0 fully saturated rings. The van der Waals surface area contributed by atoms with E-state index in [4.69, 9.17) is 21.1 Å². The van der Waals surface area contributed by atoms with Gasteiger partial charge in [-0.05, 0) is 61.2 Å². The number of hydrogen-bond donors (Lipinski definition) is 2. The van der Waals surface area contributed by atoms with Crippen LogP contribution in [0.5, 0.6) is 0 Å². The monoisotopic (exact) mass is 496 g/mol. The first-order valence-electron chi connectivity index (χ1n) is 12.0. The summed E-state index contributed by atoms with van der Waals surface area (Å²) in [5.41, 5.74) is 0.600. The zero-order valence-corrected chi connectivity index (χ0v) is 20.9. The highest BCUT2D eigenvalue weighted by Crippen LogP contribution is 2.19. The van der Waals surface area contributed by atoms with Crippen LogP contribution in [0, 0.1) is 5.92 Å². The number of unbranched alkanes of at least 4 members (excludes halogenated alkanes) is 1. The molecule has 2 atom stereocenters. The molecule has 2 amide bonds. The minimum absolute atomic E-state index is 0.0778. The fourth-order valence-corrected chi connectivity index (χ4v) is 4.06. The maximum absolute atomic E-state index is 13.2. The van der Waals surface area contributed by atoms with Gasteiger partial charge in [-0.2, -0.15) is 0 Å². The number of ketones is 1. The molecule has 0 saturated heterocycles. The number of aryl methyl sites for hydroxylation is 1. The molecule has 2 aromatic heterocycles. The molecule has 0 unspecified atom stereocenters. The van der Waals surface area contributed by atoms with Crippen LogP contribution in [-0.2, 0) is 16.0 Å². The van der Waals surface area contributed by atoms with Gasteiger partial charge in [0.2, 0.25) is 5.91 Å². The van der Waals surface area contributed by atoms with Gasteiger partial charge in [-0.15, -0.1) is 0 Å². The number of carbonyl (C=O) groups is 3. The molecule has 35 heavy (non-hydrogen) atoms. The third-order valence-electron chi connectivity index (χ3n) is 5.70. The average molecular weight is 497 g/mol. The zero-order chi connectivity index (χ0) is 25.2. The van der Waals surface area contributed by atoms with Crippen LogP contribution in [0.2, 0.25) is 0 Å². The topological polar surface area (TPSA) is 102 Å². The molecule has 0 aliphatic carbocycles. The second-order valence-corrected chi connectivity index (χ2v) is 9.34. The lowest BCUT2D eigenvalue weighted by atomic mass is 9.99. The molecule has 0 radical (unpaired) electrons. The molecule has 0 spiro atoms. The van der Waals surface area contributed by atoms with E-state index < -0.39 is 18.0 Å². The lowest BCUT2D eigenvalue weighted by molar-refractivity contribution is -0.129. The molecule has 3 aromatic rings. The summed E-state index contributed by atoms with van der Waals surface area (Å²) in [7, 11) is 0. The Morgan fingerprint density at radius 1 is 1.06 bits per heavy atom. The molecule has 7 nitrogen and oxygen atoms in total. The number of Topliss-reactive ketones (excluding diaryl/α,β-unsaturated/α-hetero) is 1. The molecule has 2 N–H and O–H groups in total. The fraction of sp³-hybridized carbons (Fsp3) is 0.407. The summed E-state index contributed by atoms with van der Waals surface area (Å²) in [5.74, 6) is 0.0684. The van der Waals surface area contributed by atoms with E-state index in [1.807, 2.05) is 38.1 Å². The van der Waals surface area contributed by atoms with Crippen molar-refractivity contribution >= 4 is 46.2 Å². The van der Waals surface area contributed by atoms with Crippen LogP contribution in [0.3, 0.4) is 0 Å². The van der Waals surface area contributed by atoms with Crippen molar-refractivity contribution < 1.29 is 23.2 Å². The van der Waals surface area contributed by atoms with Gasteiger partial charge in [0.15, 0.2) is 11.5 Å². The molecule has 186 valence electrons. The predicted octanol–water partition coefficient (Wildman–Crippen LogP) is 5.03. The number of hydrogen-bond acceptors (Lipinski definition) is 6. The SMILES string of the molecule is CC(C)C[C@H](NC(=O)c1cc2ccccc2o1)C(=O)N[C@@H](CCCC=S)C(=O)CCc1ccco1. The number of amides is 2. The lowest BCUT2D eigenvalue weighted by Crippen LogP contribution is -2.52. The van der Waals surface area contributed by atoms with E-state index in [9.17, 15) is 14.4 Å². The molecule has 1 aromatic carbocycles.